The van der Waals surface area contributed by atoms with Crippen molar-refractivity contribution in [3.63, 3.8) is 0 Å². The molecule has 0 saturated heterocycles. The van der Waals surface area contributed by atoms with Crippen LogP contribution in [0.25, 0.3) is 0 Å². The Hall–Kier alpha value is -3.71. The van der Waals surface area contributed by atoms with Gasteiger partial charge in [0.1, 0.15) is 6.61 Å². The first-order chi connectivity index (χ1) is 20.7. The number of esters is 3. The highest BCUT2D eigenvalue weighted by Gasteiger charge is 2.07. The number of nitrogens with zero attached hydrogens (tertiary/aromatic N) is 3. The van der Waals surface area contributed by atoms with Crippen LogP contribution in [0.4, 0.5) is 0 Å². The van der Waals surface area contributed by atoms with E-state index in [9.17, 15) is 28.8 Å². The minimum absolute atomic E-state index is 0.0113. The van der Waals surface area contributed by atoms with Crippen molar-refractivity contribution >= 4 is 36.1 Å². The van der Waals surface area contributed by atoms with Gasteiger partial charge in [0.2, 0.25) is 18.2 Å². The molecule has 0 aromatic rings. The number of unbranched alkanes of at least 4 members (excludes halogenated alkanes) is 6. The molecule has 0 aliphatic heterocycles. The summed E-state index contributed by atoms with van der Waals surface area (Å²) in [7, 11) is 0. The zero-order valence-electron chi connectivity index (χ0n) is 26.5. The molecular weight excluding hydrogens is 558 g/mol. The predicted molar refractivity (Wildman–Crippen MR) is 163 cm³/mol. The van der Waals surface area contributed by atoms with E-state index >= 15 is 0 Å². The lowest BCUT2D eigenvalue weighted by Crippen LogP contribution is -2.13. The van der Waals surface area contributed by atoms with Crippen LogP contribution in [0.3, 0.4) is 0 Å². The summed E-state index contributed by atoms with van der Waals surface area (Å²) in [6.45, 7) is 12.7. The number of hydrogen-bond donors (Lipinski definition) is 0. The summed E-state index contributed by atoms with van der Waals surface area (Å²) in [6.07, 6.45) is 15.6. The molecule has 12 heteroatoms. The number of aliphatic imine (C=N–C) groups is 3. The van der Waals surface area contributed by atoms with Gasteiger partial charge in [0.05, 0.1) is 31.8 Å². The van der Waals surface area contributed by atoms with Crippen LogP contribution >= 0.6 is 0 Å². The first-order valence-corrected chi connectivity index (χ1v) is 14.9. The fourth-order valence-electron chi connectivity index (χ4n) is 2.96. The first kappa shape index (κ1) is 43.7. The number of ether oxygens (including phenoxy) is 3. The van der Waals surface area contributed by atoms with Crippen LogP contribution in [0.1, 0.15) is 111 Å². The Morgan fingerprint density at radius 3 is 1.40 bits per heavy atom. The fourth-order valence-corrected chi connectivity index (χ4v) is 2.96. The highest BCUT2D eigenvalue weighted by atomic mass is 16.5. The lowest BCUT2D eigenvalue weighted by Gasteiger charge is -2.10. The van der Waals surface area contributed by atoms with Gasteiger partial charge >= 0.3 is 17.9 Å². The lowest BCUT2D eigenvalue weighted by atomic mass is 10.2. The Bertz CT molecular complexity index is 874. The molecule has 0 aromatic heterocycles. The monoisotopic (exact) mass is 609 g/mol. The van der Waals surface area contributed by atoms with Gasteiger partial charge in [-0.25, -0.2) is 29.4 Å². The largest absolute Gasteiger partial charge is 0.463 e. The Kier molecular flexibility index (Phi) is 36.9. The van der Waals surface area contributed by atoms with Gasteiger partial charge in [0, 0.05) is 19.3 Å². The topological polar surface area (TPSA) is 167 Å². The molecule has 0 rings (SSSR count). The molecule has 1 atom stereocenters. The summed E-state index contributed by atoms with van der Waals surface area (Å²) in [6, 6.07) is 0. The summed E-state index contributed by atoms with van der Waals surface area (Å²) >= 11 is 0. The average Bonchev–Trinajstić information content (AvgIpc) is 2.97. The van der Waals surface area contributed by atoms with Crippen molar-refractivity contribution in [3.05, 3.63) is 12.7 Å². The summed E-state index contributed by atoms with van der Waals surface area (Å²) < 4.78 is 14.8. The van der Waals surface area contributed by atoms with Crippen molar-refractivity contribution in [3.8, 4) is 0 Å². The van der Waals surface area contributed by atoms with E-state index in [1.54, 1.807) is 0 Å². The molecule has 12 nitrogen and oxygen atoms in total. The van der Waals surface area contributed by atoms with E-state index in [0.717, 1.165) is 64.2 Å². The van der Waals surface area contributed by atoms with Crippen molar-refractivity contribution in [1.29, 1.82) is 0 Å². The van der Waals surface area contributed by atoms with Gasteiger partial charge in [-0.2, -0.15) is 0 Å². The molecule has 0 heterocycles. The molecule has 244 valence electrons. The highest BCUT2D eigenvalue weighted by molar-refractivity contribution is 5.70. The SMILES string of the molecule is C=CCOC(=O)CCCCCN=C=O.CC(C)OC(=O)CCCCCN=C=O.CCC(C)OC(=O)CCCCCN=C=O. The minimum atomic E-state index is -0.205. The van der Waals surface area contributed by atoms with Crippen LogP contribution in [-0.2, 0) is 43.0 Å². The lowest BCUT2D eigenvalue weighted by molar-refractivity contribution is -0.149. The number of carbonyl (C=O) groups is 3. The second kappa shape index (κ2) is 36.3. The number of isocyanates is 3. The maximum atomic E-state index is 11.2. The first-order valence-electron chi connectivity index (χ1n) is 14.9. The third kappa shape index (κ3) is 42.9. The number of hydrogen-bond acceptors (Lipinski definition) is 12. The summed E-state index contributed by atoms with van der Waals surface area (Å²) in [4.78, 5) is 72.5. The molecule has 43 heavy (non-hydrogen) atoms. The third-order valence-corrected chi connectivity index (χ3v) is 5.28. The van der Waals surface area contributed by atoms with Gasteiger partial charge in [0.25, 0.3) is 0 Å². The number of carbonyl (C=O) groups excluding carboxylic acids is 6. The van der Waals surface area contributed by atoms with Crippen molar-refractivity contribution in [1.82, 2.24) is 0 Å². The molecule has 0 aliphatic rings. The van der Waals surface area contributed by atoms with Crippen molar-refractivity contribution < 1.29 is 43.0 Å². The molecular formula is C31H51N3O9. The maximum Gasteiger partial charge on any atom is 0.306 e. The van der Waals surface area contributed by atoms with E-state index in [4.69, 9.17) is 14.2 Å². The van der Waals surface area contributed by atoms with Gasteiger partial charge in [-0.1, -0.05) is 38.8 Å². The molecule has 0 amide bonds. The zero-order chi connectivity index (χ0) is 33.0. The number of rotatable bonds is 23. The van der Waals surface area contributed by atoms with Gasteiger partial charge < -0.3 is 14.2 Å². The molecule has 0 aliphatic carbocycles. The minimum Gasteiger partial charge on any atom is -0.463 e. The Balaban J connectivity index is -0.000000559. The summed E-state index contributed by atoms with van der Waals surface area (Å²) in [5, 5.41) is 0. The Morgan fingerprint density at radius 1 is 0.651 bits per heavy atom. The molecule has 0 bridgehead atoms. The summed E-state index contributed by atoms with van der Waals surface area (Å²) in [5.74, 6) is -0.495. The van der Waals surface area contributed by atoms with E-state index in [1.165, 1.54) is 24.3 Å². The van der Waals surface area contributed by atoms with Crippen LogP contribution < -0.4 is 0 Å². The average molecular weight is 610 g/mol. The molecule has 0 saturated carbocycles. The zero-order valence-corrected chi connectivity index (χ0v) is 26.5. The van der Waals surface area contributed by atoms with E-state index < -0.39 is 0 Å². The van der Waals surface area contributed by atoms with Crippen LogP contribution in [-0.4, -0.2) is 74.6 Å². The van der Waals surface area contributed by atoms with Gasteiger partial charge in [-0.15, -0.1) is 0 Å². The molecule has 0 spiro atoms. The van der Waals surface area contributed by atoms with Gasteiger partial charge in [-0.3, -0.25) is 14.4 Å². The predicted octanol–water partition coefficient (Wildman–Crippen LogP) is 5.67. The molecule has 0 N–H and O–H groups in total. The van der Waals surface area contributed by atoms with E-state index in [2.05, 4.69) is 21.6 Å². The van der Waals surface area contributed by atoms with Crippen LogP contribution in [0.15, 0.2) is 27.6 Å². The molecule has 0 radical (unpaired) electrons. The van der Waals surface area contributed by atoms with Crippen LogP contribution in [0.2, 0.25) is 0 Å². The molecule has 0 fully saturated rings. The smallest absolute Gasteiger partial charge is 0.306 e. The van der Waals surface area contributed by atoms with E-state index in [0.29, 0.717) is 38.9 Å². The third-order valence-electron chi connectivity index (χ3n) is 5.28. The highest BCUT2D eigenvalue weighted by Crippen LogP contribution is 2.05. The fraction of sp³-hybridized carbons (Fsp3) is 0.742. The molecule has 0 aromatic carbocycles. The van der Waals surface area contributed by atoms with Crippen molar-refractivity contribution in [2.75, 3.05) is 26.2 Å². The molecule has 1 unspecified atom stereocenters. The maximum absolute atomic E-state index is 11.2. The van der Waals surface area contributed by atoms with Crippen molar-refractivity contribution in [2.45, 2.75) is 123 Å². The standard InChI is InChI=1S/C11H19NO3.C10H17NO3.C10H15NO3/c1-3-10(2)15-11(14)7-5-4-6-8-12-9-13;1-9(2)14-10(13)6-4-3-5-7-11-8-12;1-2-8-14-10(13)6-4-3-5-7-11-9-12/h10H,3-8H2,1-2H3;9H,3-7H2,1-2H3;2H,1,3-8H2. The Labute approximate surface area is 256 Å². The van der Waals surface area contributed by atoms with Crippen molar-refractivity contribution in [2.24, 2.45) is 15.0 Å². The second-order valence-electron chi connectivity index (χ2n) is 9.57. The van der Waals surface area contributed by atoms with Crippen LogP contribution in [0.5, 0.6) is 0 Å². The van der Waals surface area contributed by atoms with E-state index in [1.807, 2.05) is 27.7 Å². The van der Waals surface area contributed by atoms with Gasteiger partial charge in [0.15, 0.2) is 0 Å². The van der Waals surface area contributed by atoms with Gasteiger partial charge in [-0.05, 0) is 65.7 Å². The van der Waals surface area contributed by atoms with Crippen LogP contribution in [0, 0.1) is 0 Å². The van der Waals surface area contributed by atoms with E-state index in [-0.39, 0.29) is 36.7 Å². The Morgan fingerprint density at radius 2 is 1.05 bits per heavy atom. The second-order valence-corrected chi connectivity index (χ2v) is 9.57. The quantitative estimate of drug-likeness (QED) is 0.0354. The summed E-state index contributed by atoms with van der Waals surface area (Å²) in [5.41, 5.74) is 0. The normalized spacial score (nSPS) is 10.1.